The summed E-state index contributed by atoms with van der Waals surface area (Å²) in [5.74, 6) is 2.07. The van der Waals surface area contributed by atoms with Crippen LogP contribution in [-0.4, -0.2) is 26.7 Å². The maximum Gasteiger partial charge on any atom is 0.339 e. The average Bonchev–Trinajstić information content (AvgIpc) is 3.07. The van der Waals surface area contributed by atoms with Gasteiger partial charge >= 0.3 is 10.1 Å². The third kappa shape index (κ3) is 7.21. The summed E-state index contributed by atoms with van der Waals surface area (Å²) >= 11 is 0. The second kappa shape index (κ2) is 14.6. The molecule has 1 aliphatic rings. The van der Waals surface area contributed by atoms with Crippen molar-refractivity contribution in [1.29, 1.82) is 0 Å². The highest BCUT2D eigenvalue weighted by atomic mass is 32.2. The maximum atomic E-state index is 13.8. The Bertz CT molecular complexity index is 1910. The molecule has 0 radical (unpaired) electrons. The van der Waals surface area contributed by atoms with Gasteiger partial charge in [0, 0.05) is 36.8 Å². The first-order chi connectivity index (χ1) is 23.3. The summed E-state index contributed by atoms with van der Waals surface area (Å²) in [7, 11) is -4.16. The lowest BCUT2D eigenvalue weighted by Crippen LogP contribution is -2.14. The predicted molar refractivity (Wildman–Crippen MR) is 189 cm³/mol. The minimum Gasteiger partial charge on any atom is -0.507 e. The van der Waals surface area contributed by atoms with E-state index in [1.54, 1.807) is 24.3 Å². The fraction of sp³-hybridized carbons (Fsp3) is 0.268. The van der Waals surface area contributed by atoms with Crippen molar-refractivity contribution >= 4 is 10.1 Å². The Labute approximate surface area is 284 Å². The van der Waals surface area contributed by atoms with Crippen LogP contribution in [0.3, 0.4) is 0 Å². The van der Waals surface area contributed by atoms with Crippen LogP contribution in [0.1, 0.15) is 76.8 Å². The number of fused-ring (bicyclic) bond motifs is 8. The van der Waals surface area contributed by atoms with E-state index in [1.165, 1.54) is 0 Å². The highest BCUT2D eigenvalue weighted by molar-refractivity contribution is 7.87. The van der Waals surface area contributed by atoms with E-state index >= 15 is 0 Å². The lowest BCUT2D eigenvalue weighted by molar-refractivity contribution is 0.311. The fourth-order valence-corrected chi connectivity index (χ4v) is 7.25. The van der Waals surface area contributed by atoms with E-state index in [4.69, 9.17) is 13.7 Å². The third-order valence-corrected chi connectivity index (χ3v) is 9.90. The average molecular weight is 663 g/mol. The largest absolute Gasteiger partial charge is 0.507 e. The molecule has 0 saturated carbocycles. The Morgan fingerprint density at radius 2 is 0.896 bits per heavy atom. The maximum absolute atomic E-state index is 13.8. The lowest BCUT2D eigenvalue weighted by Gasteiger charge is -2.21. The molecule has 1 N–H and O–H groups in total. The molecular formula is C41H42O6S. The predicted octanol–water partition coefficient (Wildman–Crippen LogP) is 8.72. The van der Waals surface area contributed by atoms with Crippen LogP contribution in [0.2, 0.25) is 0 Å². The van der Waals surface area contributed by atoms with Gasteiger partial charge in [-0.3, -0.25) is 0 Å². The van der Waals surface area contributed by atoms with Gasteiger partial charge in [-0.25, -0.2) is 0 Å². The molecule has 0 aliphatic heterocycles. The Hall–Kier alpha value is -4.75. The van der Waals surface area contributed by atoms with Gasteiger partial charge in [0.2, 0.25) is 0 Å². The van der Waals surface area contributed by atoms with Gasteiger partial charge in [-0.15, -0.1) is 0 Å². The molecule has 5 aromatic carbocycles. The van der Waals surface area contributed by atoms with E-state index < -0.39 is 10.1 Å². The summed E-state index contributed by atoms with van der Waals surface area (Å²) in [6.45, 7) is 7.09. The molecule has 0 saturated heterocycles. The topological polar surface area (TPSA) is 82.1 Å². The molecule has 0 unspecified atom stereocenters. The summed E-state index contributed by atoms with van der Waals surface area (Å²) in [5.41, 5.74) is 7.74. The summed E-state index contributed by atoms with van der Waals surface area (Å²) in [6, 6.07) is 30.4. The standard InChI is InChI=1S/C41H42O6S/c1-4-22-45-39-31-12-7-14-33(39)26-35-16-9-17-36(41(35)47-48(43,44)37-20-18-28(3)19-21-37)27-34-15-8-13-32(40(34)46-23-5-2)25-30-11-6-10-29(24-31)38(30)42/h6-21,42H,4-5,22-27H2,1-3H3. The minimum atomic E-state index is -4.16. The Morgan fingerprint density at radius 1 is 0.542 bits per heavy atom. The van der Waals surface area contributed by atoms with E-state index in [9.17, 15) is 13.5 Å². The second-order valence-corrected chi connectivity index (χ2v) is 13.9. The molecular weight excluding hydrogens is 621 g/mol. The molecule has 0 aromatic heterocycles. The fourth-order valence-electron chi connectivity index (χ4n) is 6.25. The molecule has 48 heavy (non-hydrogen) atoms. The normalized spacial score (nSPS) is 12.7. The molecule has 0 amide bonds. The Kier molecular flexibility index (Phi) is 10.1. The number of aromatic hydroxyl groups is 1. The summed E-state index contributed by atoms with van der Waals surface area (Å²) in [4.78, 5) is 0.0971. The Morgan fingerprint density at radius 3 is 1.29 bits per heavy atom. The zero-order chi connectivity index (χ0) is 33.7. The number of aryl methyl sites for hydroxylation is 1. The van der Waals surface area contributed by atoms with E-state index in [0.717, 1.165) is 74.4 Å². The molecule has 248 valence electrons. The smallest absolute Gasteiger partial charge is 0.339 e. The first kappa shape index (κ1) is 33.2. The summed E-state index contributed by atoms with van der Waals surface area (Å²) < 4.78 is 46.6. The van der Waals surface area contributed by atoms with Crippen molar-refractivity contribution < 1.29 is 27.2 Å². The van der Waals surface area contributed by atoms with Crippen LogP contribution in [0.4, 0.5) is 0 Å². The van der Waals surface area contributed by atoms with Gasteiger partial charge in [0.15, 0.2) is 0 Å². The molecule has 0 atom stereocenters. The molecule has 6 rings (SSSR count). The van der Waals surface area contributed by atoms with E-state index in [2.05, 4.69) is 13.8 Å². The highest BCUT2D eigenvalue weighted by Crippen LogP contribution is 2.39. The zero-order valence-corrected chi connectivity index (χ0v) is 28.6. The number of hydrogen-bond donors (Lipinski definition) is 1. The van der Waals surface area contributed by atoms with Crippen LogP contribution in [0.25, 0.3) is 0 Å². The van der Waals surface area contributed by atoms with Gasteiger partial charge in [-0.1, -0.05) is 104 Å². The summed E-state index contributed by atoms with van der Waals surface area (Å²) in [5, 5.41) is 11.6. The van der Waals surface area contributed by atoms with Crippen LogP contribution in [0.15, 0.2) is 102 Å². The minimum absolute atomic E-state index is 0.0971. The number of para-hydroxylation sites is 4. The second-order valence-electron chi connectivity index (χ2n) is 12.4. The number of ether oxygens (including phenoxy) is 2. The van der Waals surface area contributed by atoms with Crippen LogP contribution >= 0.6 is 0 Å². The SMILES string of the molecule is CCCOc1c2cccc1Cc1cccc(c1OS(=O)(=O)c1ccc(C)cc1)Cc1cccc(c1OCCC)Cc1cccc(c1O)C2. The number of phenolic OH excluding ortho intramolecular Hbond substituents is 1. The molecule has 7 heteroatoms. The first-order valence-corrected chi connectivity index (χ1v) is 18.1. The zero-order valence-electron chi connectivity index (χ0n) is 27.8. The first-order valence-electron chi connectivity index (χ1n) is 16.7. The van der Waals surface area contributed by atoms with E-state index in [1.807, 2.05) is 79.7 Å². The van der Waals surface area contributed by atoms with Gasteiger partial charge in [0.05, 0.1) is 13.2 Å². The van der Waals surface area contributed by atoms with Gasteiger partial charge in [-0.2, -0.15) is 8.42 Å². The Balaban J connectivity index is 1.57. The van der Waals surface area contributed by atoms with Gasteiger partial charge < -0.3 is 18.8 Å². The number of hydrogen-bond acceptors (Lipinski definition) is 6. The number of rotatable bonds is 9. The van der Waals surface area contributed by atoms with Gasteiger partial charge in [0.25, 0.3) is 0 Å². The molecule has 0 spiro atoms. The number of benzene rings is 5. The third-order valence-electron chi connectivity index (χ3n) is 8.66. The van der Waals surface area contributed by atoms with Crippen molar-refractivity contribution in [3.8, 4) is 23.0 Å². The van der Waals surface area contributed by atoms with E-state index in [0.29, 0.717) is 44.6 Å². The number of phenols is 1. The van der Waals surface area contributed by atoms with Crippen molar-refractivity contribution in [3.05, 3.63) is 147 Å². The van der Waals surface area contributed by atoms with Crippen molar-refractivity contribution in [2.75, 3.05) is 13.2 Å². The summed E-state index contributed by atoms with van der Waals surface area (Å²) in [6.07, 6.45) is 3.35. The molecule has 1 aliphatic carbocycles. The molecule has 0 fully saturated rings. The van der Waals surface area contributed by atoms with Crippen molar-refractivity contribution in [2.45, 2.75) is 64.2 Å². The molecule has 8 bridgehead atoms. The molecule has 6 nitrogen and oxygen atoms in total. The monoisotopic (exact) mass is 662 g/mol. The van der Waals surface area contributed by atoms with Crippen LogP contribution in [0.5, 0.6) is 23.0 Å². The van der Waals surface area contributed by atoms with Crippen LogP contribution in [-0.2, 0) is 35.8 Å². The van der Waals surface area contributed by atoms with Crippen molar-refractivity contribution in [3.63, 3.8) is 0 Å². The van der Waals surface area contributed by atoms with E-state index in [-0.39, 0.29) is 10.6 Å². The van der Waals surface area contributed by atoms with Crippen LogP contribution in [0, 0.1) is 6.92 Å². The van der Waals surface area contributed by atoms with Crippen LogP contribution < -0.4 is 13.7 Å². The van der Waals surface area contributed by atoms with Crippen molar-refractivity contribution in [1.82, 2.24) is 0 Å². The molecule has 5 aromatic rings. The van der Waals surface area contributed by atoms with Gasteiger partial charge in [-0.05, 0) is 65.3 Å². The highest BCUT2D eigenvalue weighted by Gasteiger charge is 2.24. The lowest BCUT2D eigenvalue weighted by atomic mass is 9.91. The van der Waals surface area contributed by atoms with Gasteiger partial charge in [0.1, 0.15) is 27.9 Å². The van der Waals surface area contributed by atoms with Crippen molar-refractivity contribution in [2.24, 2.45) is 0 Å². The molecule has 0 heterocycles. The quantitative estimate of drug-likeness (QED) is 0.156.